The summed E-state index contributed by atoms with van der Waals surface area (Å²) in [6.07, 6.45) is 7.21. The molecular formula is C17H18N4. The summed E-state index contributed by atoms with van der Waals surface area (Å²) >= 11 is 0. The van der Waals surface area contributed by atoms with E-state index in [9.17, 15) is 0 Å². The second kappa shape index (κ2) is 6.27. The number of pyridine rings is 1. The zero-order valence-electron chi connectivity index (χ0n) is 11.9. The van der Waals surface area contributed by atoms with Gasteiger partial charge in [-0.05, 0) is 49.6 Å². The Balaban J connectivity index is 1.74. The van der Waals surface area contributed by atoms with Gasteiger partial charge in [0, 0.05) is 30.7 Å². The molecule has 0 aliphatic carbocycles. The van der Waals surface area contributed by atoms with Crippen molar-refractivity contribution in [3.05, 3.63) is 48.3 Å². The number of anilines is 3. The SMILES string of the molecule is N#Cc1ccncc1Nc1ccc(N2CCCCC2)cc1. The van der Waals surface area contributed by atoms with Crippen molar-refractivity contribution in [2.45, 2.75) is 19.3 Å². The van der Waals surface area contributed by atoms with E-state index in [-0.39, 0.29) is 0 Å². The van der Waals surface area contributed by atoms with Crippen LogP contribution in [-0.2, 0) is 0 Å². The van der Waals surface area contributed by atoms with E-state index in [1.54, 1.807) is 18.5 Å². The van der Waals surface area contributed by atoms with Crippen molar-refractivity contribution in [3.8, 4) is 6.07 Å². The van der Waals surface area contributed by atoms with Crippen molar-refractivity contribution in [2.75, 3.05) is 23.3 Å². The van der Waals surface area contributed by atoms with Gasteiger partial charge in [-0.15, -0.1) is 0 Å². The number of benzene rings is 1. The van der Waals surface area contributed by atoms with Crippen molar-refractivity contribution in [1.29, 1.82) is 5.26 Å². The molecule has 1 fully saturated rings. The van der Waals surface area contributed by atoms with E-state index in [2.05, 4.69) is 45.5 Å². The van der Waals surface area contributed by atoms with Crippen LogP contribution in [0.4, 0.5) is 17.1 Å². The third-order valence-electron chi connectivity index (χ3n) is 3.81. The van der Waals surface area contributed by atoms with Crippen LogP contribution in [0.25, 0.3) is 0 Å². The number of piperidine rings is 1. The summed E-state index contributed by atoms with van der Waals surface area (Å²) < 4.78 is 0. The number of hydrogen-bond donors (Lipinski definition) is 1. The Hall–Kier alpha value is -2.54. The van der Waals surface area contributed by atoms with Gasteiger partial charge in [0.15, 0.2) is 0 Å². The van der Waals surface area contributed by atoms with Crippen molar-refractivity contribution in [1.82, 2.24) is 4.98 Å². The van der Waals surface area contributed by atoms with Gasteiger partial charge in [0.2, 0.25) is 0 Å². The predicted octanol–water partition coefficient (Wildman–Crippen LogP) is 3.69. The molecule has 1 aliphatic rings. The maximum atomic E-state index is 9.09. The summed E-state index contributed by atoms with van der Waals surface area (Å²) in [5, 5.41) is 12.3. The van der Waals surface area contributed by atoms with Crippen LogP contribution in [0.5, 0.6) is 0 Å². The molecule has 0 radical (unpaired) electrons. The monoisotopic (exact) mass is 278 g/mol. The summed E-state index contributed by atoms with van der Waals surface area (Å²) in [6, 6.07) is 12.3. The minimum atomic E-state index is 0.602. The third-order valence-corrected chi connectivity index (χ3v) is 3.81. The van der Waals surface area contributed by atoms with E-state index < -0.39 is 0 Å². The van der Waals surface area contributed by atoms with Crippen LogP contribution in [0.15, 0.2) is 42.7 Å². The highest BCUT2D eigenvalue weighted by molar-refractivity contribution is 5.67. The molecule has 0 spiro atoms. The molecule has 21 heavy (non-hydrogen) atoms. The number of aromatic nitrogens is 1. The van der Waals surface area contributed by atoms with Crippen LogP contribution in [0.2, 0.25) is 0 Å². The first-order valence-corrected chi connectivity index (χ1v) is 7.33. The third kappa shape index (κ3) is 3.14. The fraction of sp³-hybridized carbons (Fsp3) is 0.294. The molecule has 4 nitrogen and oxygen atoms in total. The lowest BCUT2D eigenvalue weighted by molar-refractivity contribution is 0.578. The van der Waals surface area contributed by atoms with Crippen LogP contribution in [0.3, 0.4) is 0 Å². The Morgan fingerprint density at radius 1 is 1.05 bits per heavy atom. The number of nitrogens with zero attached hydrogens (tertiary/aromatic N) is 3. The van der Waals surface area contributed by atoms with E-state index in [4.69, 9.17) is 5.26 Å². The fourth-order valence-corrected chi connectivity index (χ4v) is 2.65. The van der Waals surface area contributed by atoms with Gasteiger partial charge in [-0.25, -0.2) is 0 Å². The normalized spacial score (nSPS) is 14.5. The fourth-order valence-electron chi connectivity index (χ4n) is 2.65. The van der Waals surface area contributed by atoms with E-state index in [1.165, 1.54) is 24.9 Å². The van der Waals surface area contributed by atoms with Crippen molar-refractivity contribution < 1.29 is 0 Å². The van der Waals surface area contributed by atoms with Crippen LogP contribution in [0.1, 0.15) is 24.8 Å². The van der Waals surface area contributed by atoms with Crippen LogP contribution in [-0.4, -0.2) is 18.1 Å². The molecule has 4 heteroatoms. The predicted molar refractivity (Wildman–Crippen MR) is 84.7 cm³/mol. The van der Waals surface area contributed by atoms with Gasteiger partial charge in [-0.3, -0.25) is 4.98 Å². The Bertz CT molecular complexity index is 637. The maximum absolute atomic E-state index is 9.09. The minimum Gasteiger partial charge on any atom is -0.372 e. The van der Waals surface area contributed by atoms with Gasteiger partial charge >= 0.3 is 0 Å². The molecule has 0 atom stereocenters. The highest BCUT2D eigenvalue weighted by Gasteiger charge is 2.10. The molecule has 1 N–H and O–H groups in total. The van der Waals surface area contributed by atoms with Gasteiger partial charge in [0.05, 0.1) is 17.4 Å². The average molecular weight is 278 g/mol. The van der Waals surface area contributed by atoms with Gasteiger partial charge in [0.1, 0.15) is 6.07 Å². The minimum absolute atomic E-state index is 0.602. The zero-order valence-corrected chi connectivity index (χ0v) is 11.9. The first kappa shape index (κ1) is 13.4. The summed E-state index contributed by atoms with van der Waals surface area (Å²) in [5.74, 6) is 0. The molecule has 1 aromatic heterocycles. The number of nitriles is 1. The van der Waals surface area contributed by atoms with Crippen molar-refractivity contribution >= 4 is 17.1 Å². The van der Waals surface area contributed by atoms with Gasteiger partial charge in [0.25, 0.3) is 0 Å². The number of rotatable bonds is 3. The largest absolute Gasteiger partial charge is 0.372 e. The molecule has 3 rings (SSSR count). The van der Waals surface area contributed by atoms with Gasteiger partial charge in [-0.1, -0.05) is 0 Å². The molecule has 0 saturated carbocycles. The average Bonchev–Trinajstić information content (AvgIpc) is 2.57. The lowest BCUT2D eigenvalue weighted by Gasteiger charge is -2.28. The lowest BCUT2D eigenvalue weighted by atomic mass is 10.1. The van der Waals surface area contributed by atoms with Crippen LogP contribution < -0.4 is 10.2 Å². The zero-order chi connectivity index (χ0) is 14.5. The summed E-state index contributed by atoms with van der Waals surface area (Å²) in [4.78, 5) is 6.49. The smallest absolute Gasteiger partial charge is 0.101 e. The Kier molecular flexibility index (Phi) is 4.02. The van der Waals surface area contributed by atoms with E-state index in [1.807, 2.05) is 0 Å². The van der Waals surface area contributed by atoms with Gasteiger partial charge < -0.3 is 10.2 Å². The molecule has 2 heterocycles. The Labute approximate surface area is 125 Å². The Morgan fingerprint density at radius 3 is 2.52 bits per heavy atom. The molecular weight excluding hydrogens is 260 g/mol. The van der Waals surface area contributed by atoms with E-state index in [0.29, 0.717) is 5.56 Å². The standard InChI is InChI=1S/C17H18N4/c18-12-14-8-9-19-13-17(14)20-15-4-6-16(7-5-15)21-10-2-1-3-11-21/h4-9,13,20H,1-3,10-11H2. The summed E-state index contributed by atoms with van der Waals surface area (Å²) in [7, 11) is 0. The first-order chi connectivity index (χ1) is 10.4. The molecule has 106 valence electrons. The molecule has 1 aromatic carbocycles. The second-order valence-corrected chi connectivity index (χ2v) is 5.25. The van der Waals surface area contributed by atoms with E-state index in [0.717, 1.165) is 24.5 Å². The summed E-state index contributed by atoms with van der Waals surface area (Å²) in [6.45, 7) is 2.29. The number of nitrogens with one attached hydrogen (secondary N) is 1. The van der Waals surface area contributed by atoms with Crippen LogP contribution in [0, 0.1) is 11.3 Å². The molecule has 2 aromatic rings. The molecule has 0 bridgehead atoms. The first-order valence-electron chi connectivity index (χ1n) is 7.33. The van der Waals surface area contributed by atoms with E-state index >= 15 is 0 Å². The second-order valence-electron chi connectivity index (χ2n) is 5.25. The molecule has 0 amide bonds. The van der Waals surface area contributed by atoms with Gasteiger partial charge in [-0.2, -0.15) is 5.26 Å². The topological polar surface area (TPSA) is 52.0 Å². The lowest BCUT2D eigenvalue weighted by Crippen LogP contribution is -2.29. The molecule has 1 saturated heterocycles. The highest BCUT2D eigenvalue weighted by atomic mass is 15.1. The molecule has 0 unspecified atom stereocenters. The molecule has 1 aliphatic heterocycles. The van der Waals surface area contributed by atoms with Crippen molar-refractivity contribution in [2.24, 2.45) is 0 Å². The van der Waals surface area contributed by atoms with Crippen molar-refractivity contribution in [3.63, 3.8) is 0 Å². The maximum Gasteiger partial charge on any atom is 0.101 e. The van der Waals surface area contributed by atoms with Crippen LogP contribution >= 0.6 is 0 Å². The summed E-state index contributed by atoms with van der Waals surface area (Å²) in [5.41, 5.74) is 3.59. The quantitative estimate of drug-likeness (QED) is 0.930. The highest BCUT2D eigenvalue weighted by Crippen LogP contribution is 2.24. The number of hydrogen-bond acceptors (Lipinski definition) is 4. The Morgan fingerprint density at radius 2 is 1.81 bits per heavy atom.